The minimum atomic E-state index is 0.268. The fourth-order valence-corrected chi connectivity index (χ4v) is 5.01. The molecule has 33 heavy (non-hydrogen) atoms. The first-order valence-corrected chi connectivity index (χ1v) is 12.7. The summed E-state index contributed by atoms with van der Waals surface area (Å²) in [5.74, 6) is 2.31. The van der Waals surface area contributed by atoms with Crippen molar-refractivity contribution >= 4 is 35.1 Å². The van der Waals surface area contributed by atoms with Gasteiger partial charge in [-0.3, -0.25) is 0 Å². The number of methoxy groups -OCH3 is 1. The van der Waals surface area contributed by atoms with Crippen LogP contribution in [0.1, 0.15) is 64.7 Å². The summed E-state index contributed by atoms with van der Waals surface area (Å²) in [7, 11) is 1.60. The molecular formula is C24H36ClN7O. The molecule has 2 atom stereocenters. The summed E-state index contributed by atoms with van der Waals surface area (Å²) < 4.78 is 5.26. The van der Waals surface area contributed by atoms with Gasteiger partial charge in [-0.15, -0.1) is 0 Å². The van der Waals surface area contributed by atoms with E-state index in [9.17, 15) is 0 Å². The van der Waals surface area contributed by atoms with Gasteiger partial charge in [0.2, 0.25) is 17.8 Å². The molecule has 1 aromatic carbocycles. The van der Waals surface area contributed by atoms with Gasteiger partial charge >= 0.3 is 0 Å². The molecule has 1 aliphatic heterocycles. The number of nitrogens with one attached hydrogen (secondary N) is 4. The molecule has 2 unspecified atom stereocenters. The van der Waals surface area contributed by atoms with Gasteiger partial charge in [0, 0.05) is 23.8 Å². The Hall–Kier alpha value is -2.32. The first-order valence-electron chi connectivity index (χ1n) is 12.3. The Labute approximate surface area is 201 Å². The fourth-order valence-electron chi connectivity index (χ4n) is 4.75. The van der Waals surface area contributed by atoms with Gasteiger partial charge in [-0.2, -0.15) is 15.0 Å². The minimum Gasteiger partial charge on any atom is -0.495 e. The van der Waals surface area contributed by atoms with Crippen molar-refractivity contribution in [3.05, 3.63) is 23.2 Å². The Morgan fingerprint density at radius 1 is 1.03 bits per heavy atom. The zero-order chi connectivity index (χ0) is 23.0. The molecule has 1 saturated heterocycles. The molecule has 0 amide bonds. The maximum absolute atomic E-state index is 6.31. The molecule has 9 heteroatoms. The SMILES string of the molecule is CCC(Nc1nc(Nc2ccc(OC)c(Cl)c2)nc(NC2CCCCCC2)n1)C1CCCN1. The van der Waals surface area contributed by atoms with Gasteiger partial charge in [0.15, 0.2) is 0 Å². The molecule has 2 aromatic rings. The van der Waals surface area contributed by atoms with Gasteiger partial charge in [0.25, 0.3) is 0 Å². The Kier molecular flexibility index (Phi) is 8.45. The first-order chi connectivity index (χ1) is 16.1. The van der Waals surface area contributed by atoms with E-state index >= 15 is 0 Å². The van der Waals surface area contributed by atoms with Crippen molar-refractivity contribution in [1.29, 1.82) is 0 Å². The third kappa shape index (κ3) is 6.60. The van der Waals surface area contributed by atoms with Crippen LogP contribution in [0.15, 0.2) is 18.2 Å². The van der Waals surface area contributed by atoms with Crippen molar-refractivity contribution < 1.29 is 4.74 Å². The van der Waals surface area contributed by atoms with Gasteiger partial charge in [-0.05, 0) is 56.8 Å². The average molecular weight is 474 g/mol. The second-order valence-electron chi connectivity index (χ2n) is 8.98. The Bertz CT molecular complexity index is 898. The predicted molar refractivity (Wildman–Crippen MR) is 135 cm³/mol. The number of ether oxygens (including phenoxy) is 1. The van der Waals surface area contributed by atoms with E-state index in [1.54, 1.807) is 7.11 Å². The molecule has 4 rings (SSSR count). The van der Waals surface area contributed by atoms with Crippen molar-refractivity contribution in [2.24, 2.45) is 0 Å². The van der Waals surface area contributed by atoms with Crippen LogP contribution in [0.4, 0.5) is 23.5 Å². The summed E-state index contributed by atoms with van der Waals surface area (Å²) in [6.07, 6.45) is 10.8. The highest BCUT2D eigenvalue weighted by atomic mass is 35.5. The van der Waals surface area contributed by atoms with Crippen LogP contribution < -0.4 is 26.0 Å². The van der Waals surface area contributed by atoms with Crippen LogP contribution in [0.5, 0.6) is 5.75 Å². The molecule has 0 bridgehead atoms. The third-order valence-corrected chi connectivity index (χ3v) is 6.87. The van der Waals surface area contributed by atoms with E-state index in [1.807, 2.05) is 18.2 Å². The van der Waals surface area contributed by atoms with Crippen LogP contribution >= 0.6 is 11.6 Å². The number of aromatic nitrogens is 3. The molecule has 2 fully saturated rings. The zero-order valence-electron chi connectivity index (χ0n) is 19.7. The van der Waals surface area contributed by atoms with Gasteiger partial charge in [-0.1, -0.05) is 44.2 Å². The molecule has 4 N–H and O–H groups in total. The van der Waals surface area contributed by atoms with E-state index in [0.29, 0.717) is 40.7 Å². The van der Waals surface area contributed by atoms with Gasteiger partial charge < -0.3 is 26.0 Å². The van der Waals surface area contributed by atoms with Crippen molar-refractivity contribution in [2.45, 2.75) is 82.8 Å². The molecule has 2 aliphatic rings. The summed E-state index contributed by atoms with van der Waals surface area (Å²) >= 11 is 6.31. The van der Waals surface area contributed by atoms with Crippen LogP contribution in [0.25, 0.3) is 0 Å². The molecule has 1 saturated carbocycles. The molecule has 1 aromatic heterocycles. The van der Waals surface area contributed by atoms with Crippen LogP contribution in [-0.4, -0.2) is 46.7 Å². The maximum Gasteiger partial charge on any atom is 0.233 e. The van der Waals surface area contributed by atoms with Crippen LogP contribution in [0, 0.1) is 0 Å². The number of anilines is 4. The third-order valence-electron chi connectivity index (χ3n) is 6.57. The van der Waals surface area contributed by atoms with E-state index in [2.05, 4.69) is 38.2 Å². The first kappa shape index (κ1) is 23.8. The number of halogens is 1. The normalized spacial score (nSPS) is 20.2. The lowest BCUT2D eigenvalue weighted by atomic mass is 10.0. The summed E-state index contributed by atoms with van der Waals surface area (Å²) in [5, 5.41) is 14.6. The summed E-state index contributed by atoms with van der Waals surface area (Å²) in [6, 6.07) is 6.63. The number of hydrogen-bond donors (Lipinski definition) is 4. The largest absolute Gasteiger partial charge is 0.495 e. The van der Waals surface area contributed by atoms with E-state index < -0.39 is 0 Å². The Morgan fingerprint density at radius 2 is 1.79 bits per heavy atom. The smallest absolute Gasteiger partial charge is 0.233 e. The van der Waals surface area contributed by atoms with Gasteiger partial charge in [0.05, 0.1) is 12.1 Å². The zero-order valence-corrected chi connectivity index (χ0v) is 20.4. The molecular weight excluding hydrogens is 438 g/mol. The van der Waals surface area contributed by atoms with Crippen molar-refractivity contribution in [3.8, 4) is 5.75 Å². The lowest BCUT2D eigenvalue weighted by Crippen LogP contribution is -2.40. The van der Waals surface area contributed by atoms with E-state index in [1.165, 1.54) is 38.5 Å². The average Bonchev–Trinajstić information content (AvgIpc) is 3.22. The molecule has 0 radical (unpaired) electrons. The second-order valence-corrected chi connectivity index (χ2v) is 9.38. The van der Waals surface area contributed by atoms with Crippen molar-refractivity contribution in [1.82, 2.24) is 20.3 Å². The van der Waals surface area contributed by atoms with E-state index in [4.69, 9.17) is 21.3 Å². The fraction of sp³-hybridized carbons (Fsp3) is 0.625. The summed E-state index contributed by atoms with van der Waals surface area (Å²) in [5.41, 5.74) is 0.794. The van der Waals surface area contributed by atoms with Gasteiger partial charge in [-0.25, -0.2) is 0 Å². The number of rotatable bonds is 9. The number of benzene rings is 1. The van der Waals surface area contributed by atoms with Crippen molar-refractivity contribution in [3.63, 3.8) is 0 Å². The highest BCUT2D eigenvalue weighted by Crippen LogP contribution is 2.29. The number of hydrogen-bond acceptors (Lipinski definition) is 8. The highest BCUT2D eigenvalue weighted by Gasteiger charge is 2.24. The monoisotopic (exact) mass is 473 g/mol. The molecule has 180 valence electrons. The lowest BCUT2D eigenvalue weighted by molar-refractivity contribution is 0.415. The maximum atomic E-state index is 6.31. The Balaban J connectivity index is 1.56. The molecule has 0 spiro atoms. The quantitative estimate of drug-likeness (QED) is 0.362. The minimum absolute atomic E-state index is 0.268. The van der Waals surface area contributed by atoms with E-state index in [-0.39, 0.29) is 6.04 Å². The predicted octanol–water partition coefficient (Wildman–Crippen LogP) is 5.35. The lowest BCUT2D eigenvalue weighted by Gasteiger charge is -2.24. The van der Waals surface area contributed by atoms with Gasteiger partial charge in [0.1, 0.15) is 5.75 Å². The summed E-state index contributed by atoms with van der Waals surface area (Å²) in [6.45, 7) is 3.27. The summed E-state index contributed by atoms with van der Waals surface area (Å²) in [4.78, 5) is 14.1. The highest BCUT2D eigenvalue weighted by molar-refractivity contribution is 6.32. The van der Waals surface area contributed by atoms with E-state index in [0.717, 1.165) is 31.5 Å². The molecule has 2 heterocycles. The van der Waals surface area contributed by atoms with Crippen LogP contribution in [0.3, 0.4) is 0 Å². The second kappa shape index (κ2) is 11.7. The topological polar surface area (TPSA) is 96.0 Å². The Morgan fingerprint density at radius 3 is 2.45 bits per heavy atom. The molecule has 8 nitrogen and oxygen atoms in total. The van der Waals surface area contributed by atoms with Crippen LogP contribution in [0.2, 0.25) is 5.02 Å². The number of nitrogens with zero attached hydrogens (tertiary/aromatic N) is 3. The standard InChI is InChI=1S/C24H36ClN7O/c1-3-19(20-11-8-14-26-20)29-24-31-22(27-16-9-6-4-5-7-10-16)30-23(32-24)28-17-12-13-21(33-2)18(25)15-17/h12-13,15-16,19-20,26H,3-11,14H2,1-2H3,(H3,27,28,29,30,31,32). The van der Waals surface area contributed by atoms with Crippen molar-refractivity contribution in [2.75, 3.05) is 29.6 Å². The molecule has 1 aliphatic carbocycles. The van der Waals surface area contributed by atoms with Crippen LogP contribution in [-0.2, 0) is 0 Å².